The third-order valence-corrected chi connectivity index (χ3v) is 58.1. The summed E-state index contributed by atoms with van der Waals surface area (Å²) >= 11 is -3.60. The first-order valence-electron chi connectivity index (χ1n) is 15.0. The normalized spacial score (nSPS) is 19.1. The molecule has 2 aliphatic rings. The van der Waals surface area contributed by atoms with Crippen LogP contribution >= 0.6 is 0 Å². The van der Waals surface area contributed by atoms with Crippen LogP contribution in [0.4, 0.5) is 0 Å². The zero-order chi connectivity index (χ0) is 28.4. The summed E-state index contributed by atoms with van der Waals surface area (Å²) in [7, 11) is 0. The molecule has 2 unspecified atom stereocenters. The Labute approximate surface area is 243 Å². The molecule has 0 radical (unpaired) electrons. The van der Waals surface area contributed by atoms with Gasteiger partial charge in [-0.1, -0.05) is 0 Å². The maximum absolute atomic E-state index is 3.60. The average Bonchev–Trinajstić information content (AvgIpc) is 3.46. The summed E-state index contributed by atoms with van der Waals surface area (Å²) in [6, 6.07) is 32.5. The number of hydrogen-bond donors (Lipinski definition) is 0. The molecule has 2 heteroatoms. The quantitative estimate of drug-likeness (QED) is 0.195. The molecule has 0 aliphatic heterocycles. The van der Waals surface area contributed by atoms with Crippen LogP contribution < -0.4 is 0 Å². The second-order valence-electron chi connectivity index (χ2n) is 13.9. The van der Waals surface area contributed by atoms with Gasteiger partial charge < -0.3 is 0 Å². The second kappa shape index (κ2) is 9.78. The van der Waals surface area contributed by atoms with Gasteiger partial charge in [-0.2, -0.15) is 0 Å². The molecule has 0 aromatic heterocycles. The van der Waals surface area contributed by atoms with Crippen LogP contribution in [0, 0.1) is 13.8 Å². The van der Waals surface area contributed by atoms with Crippen LogP contribution in [0.5, 0.6) is 0 Å². The van der Waals surface area contributed by atoms with Crippen molar-refractivity contribution in [2.24, 2.45) is 0 Å². The summed E-state index contributed by atoms with van der Waals surface area (Å²) in [6.07, 6.45) is 5.12. The number of aryl methyl sites for hydroxylation is 2. The Morgan fingerprint density at radius 2 is 0.900 bits per heavy atom. The molecule has 2 aliphatic carbocycles. The van der Waals surface area contributed by atoms with Gasteiger partial charge in [0, 0.05) is 0 Å². The molecule has 0 nitrogen and oxygen atoms in total. The standard InChI is InChI=1S/2C17H15.C2H7Si.2CH3.Zr/c2*1-12-6-8-14(9-7-12)16-5-3-4-15-10-13(2)11-17(15)16;1-3-2;;;/h2*3-11H,1-2H3;3H,1-2H3;2*1H3;. The fraction of sp³-hybridized carbons (Fsp3) is 0.263. The molecular weight excluding hydrogens is 576 g/mol. The number of benzene rings is 4. The van der Waals surface area contributed by atoms with E-state index >= 15 is 0 Å². The van der Waals surface area contributed by atoms with Crippen LogP contribution in [0.25, 0.3) is 34.4 Å². The summed E-state index contributed by atoms with van der Waals surface area (Å²) in [6.45, 7) is 14.6. The van der Waals surface area contributed by atoms with E-state index < -0.39 is 23.9 Å². The van der Waals surface area contributed by atoms with Gasteiger partial charge >= 0.3 is 245 Å². The predicted octanol–water partition coefficient (Wildman–Crippen LogP) is 11.0. The van der Waals surface area contributed by atoms with Gasteiger partial charge in [0.15, 0.2) is 0 Å². The first-order chi connectivity index (χ1) is 19.0. The summed E-state index contributed by atoms with van der Waals surface area (Å²) in [5.41, 5.74) is 17.4. The van der Waals surface area contributed by atoms with Gasteiger partial charge in [0.1, 0.15) is 0 Å². The first kappa shape index (κ1) is 27.6. The van der Waals surface area contributed by atoms with Crippen molar-refractivity contribution < 1.29 is 17.9 Å². The Balaban J connectivity index is 1.54. The fourth-order valence-electron chi connectivity index (χ4n) is 8.32. The van der Waals surface area contributed by atoms with E-state index in [-0.39, 0.29) is 0 Å². The van der Waals surface area contributed by atoms with Gasteiger partial charge in [-0.3, -0.25) is 0 Å². The molecule has 6 rings (SSSR count). The number of fused-ring (bicyclic) bond motifs is 2. The van der Waals surface area contributed by atoms with Gasteiger partial charge in [-0.25, -0.2) is 0 Å². The summed E-state index contributed by atoms with van der Waals surface area (Å²) in [5, 5.41) is 0. The number of allylic oxidation sites excluding steroid dienone is 2. The van der Waals surface area contributed by atoms with Crippen molar-refractivity contribution in [1.82, 2.24) is 0 Å². The van der Waals surface area contributed by atoms with E-state index in [9.17, 15) is 0 Å². The van der Waals surface area contributed by atoms with Gasteiger partial charge in [0.25, 0.3) is 0 Å². The fourth-order valence-corrected chi connectivity index (χ4v) is 39.1. The van der Waals surface area contributed by atoms with Gasteiger partial charge in [0.05, 0.1) is 0 Å². The van der Waals surface area contributed by atoms with Crippen LogP contribution in [0.3, 0.4) is 0 Å². The van der Waals surface area contributed by atoms with Crippen molar-refractivity contribution in [3.63, 3.8) is 0 Å². The molecule has 4 aromatic carbocycles. The number of rotatable bonds is 5. The molecule has 0 saturated carbocycles. The van der Waals surface area contributed by atoms with Crippen molar-refractivity contribution in [2.75, 3.05) is 0 Å². The zero-order valence-corrected chi connectivity index (χ0v) is 29.1. The molecule has 0 amide bonds. The molecule has 40 heavy (non-hydrogen) atoms. The van der Waals surface area contributed by atoms with E-state index in [0.717, 1.165) is 0 Å². The Bertz CT molecular complexity index is 1560. The third-order valence-electron chi connectivity index (χ3n) is 10.9. The summed E-state index contributed by atoms with van der Waals surface area (Å²) in [4.78, 5) is 0. The van der Waals surface area contributed by atoms with E-state index in [1.807, 2.05) is 0 Å². The van der Waals surface area contributed by atoms with Gasteiger partial charge in [-0.15, -0.1) is 0 Å². The predicted molar refractivity (Wildman–Crippen MR) is 177 cm³/mol. The van der Waals surface area contributed by atoms with Crippen molar-refractivity contribution in [2.45, 2.75) is 57.3 Å². The minimum atomic E-state index is -3.60. The van der Waals surface area contributed by atoms with Gasteiger partial charge in [-0.05, 0) is 0 Å². The molecule has 0 spiro atoms. The average molecular weight is 619 g/mol. The Morgan fingerprint density at radius 3 is 1.25 bits per heavy atom. The topological polar surface area (TPSA) is 0 Å². The zero-order valence-electron chi connectivity index (χ0n) is 25.5. The van der Waals surface area contributed by atoms with E-state index in [0.29, 0.717) is 7.25 Å². The Kier molecular flexibility index (Phi) is 6.75. The summed E-state index contributed by atoms with van der Waals surface area (Å²) < 4.78 is 6.86. The van der Waals surface area contributed by atoms with E-state index in [4.69, 9.17) is 0 Å². The van der Waals surface area contributed by atoms with Gasteiger partial charge in [0.2, 0.25) is 0 Å². The maximum atomic E-state index is 2.85. The number of hydrogen-bond acceptors (Lipinski definition) is 0. The summed E-state index contributed by atoms with van der Waals surface area (Å²) in [5.74, 6) is -1.08. The van der Waals surface area contributed by atoms with Crippen molar-refractivity contribution in [3.05, 3.63) is 129 Å². The first-order valence-corrected chi connectivity index (χ1v) is 29.9. The molecule has 0 fully saturated rings. The molecule has 2 atom stereocenters. The second-order valence-corrected chi connectivity index (χ2v) is 51.7. The van der Waals surface area contributed by atoms with E-state index in [1.54, 1.807) is 22.3 Å². The molecule has 0 saturated heterocycles. The molecule has 0 bridgehead atoms. The van der Waals surface area contributed by atoms with Crippen LogP contribution in [0.15, 0.2) is 96.1 Å². The van der Waals surface area contributed by atoms with Crippen molar-refractivity contribution >= 4 is 18.1 Å². The molecular formula is C38H43SiZr. The van der Waals surface area contributed by atoms with Crippen molar-refractivity contribution in [1.29, 1.82) is 0 Å². The monoisotopic (exact) mass is 617 g/mol. The SMILES string of the molecule is CC1=Cc2c(-c3ccc(C)cc3)cccc2[CH]1[Zr]([CH3])([CH3])([CH]1C(C)=Cc2c(-c3ccc(C)cc3)cccc21)[SiH](C)C. The molecule has 0 N–H and O–H groups in total. The van der Waals surface area contributed by atoms with E-state index in [1.165, 1.54) is 44.5 Å². The van der Waals surface area contributed by atoms with Crippen LogP contribution in [0.1, 0.15) is 54.5 Å². The third kappa shape index (κ3) is 4.09. The Morgan fingerprint density at radius 1 is 0.525 bits per heavy atom. The van der Waals surface area contributed by atoms with Crippen molar-refractivity contribution in [3.8, 4) is 22.3 Å². The molecule has 203 valence electrons. The molecule has 0 heterocycles. The van der Waals surface area contributed by atoms with Crippen LogP contribution in [-0.2, 0) is 17.9 Å². The van der Waals surface area contributed by atoms with Crippen LogP contribution in [-0.4, -0.2) is 5.92 Å². The van der Waals surface area contributed by atoms with E-state index in [2.05, 4.69) is 147 Å². The van der Waals surface area contributed by atoms with Crippen LogP contribution in [0.2, 0.25) is 22.4 Å². The minimum absolute atomic E-state index is 0.579. The molecule has 4 aromatic rings. The Hall–Kier alpha value is -2.54.